The van der Waals surface area contributed by atoms with Gasteiger partial charge in [-0.2, -0.15) is 0 Å². The van der Waals surface area contributed by atoms with Crippen LogP contribution in [0.5, 0.6) is 0 Å². The summed E-state index contributed by atoms with van der Waals surface area (Å²) in [6.45, 7) is 0. The number of nitro groups is 1. The molecule has 20 heavy (non-hydrogen) atoms. The number of non-ortho nitro benzene ring substituents is 1. The minimum atomic E-state index is -0.604. The van der Waals surface area contributed by atoms with E-state index in [0.29, 0.717) is 0 Å². The molecular formula is C11H6Cl2N4O3. The number of anilines is 1. The third kappa shape index (κ3) is 3.01. The molecule has 1 heterocycles. The van der Waals surface area contributed by atoms with E-state index in [1.165, 1.54) is 18.2 Å². The van der Waals surface area contributed by atoms with Gasteiger partial charge in [-0.1, -0.05) is 29.3 Å². The fraction of sp³-hybridized carbons (Fsp3) is 0. The summed E-state index contributed by atoms with van der Waals surface area (Å²) in [6.07, 6.45) is 1.15. The van der Waals surface area contributed by atoms with Crippen LogP contribution < -0.4 is 5.32 Å². The molecule has 0 aliphatic heterocycles. The highest BCUT2D eigenvalue weighted by molar-refractivity contribution is 6.38. The Bertz CT molecular complexity index is 673. The molecule has 1 aromatic carbocycles. The lowest BCUT2D eigenvalue weighted by Gasteiger charge is -2.07. The maximum atomic E-state index is 12.0. The van der Waals surface area contributed by atoms with Crippen molar-refractivity contribution in [2.75, 3.05) is 5.32 Å². The zero-order valence-corrected chi connectivity index (χ0v) is 11.2. The van der Waals surface area contributed by atoms with Crippen molar-refractivity contribution in [3.63, 3.8) is 0 Å². The maximum absolute atomic E-state index is 12.0. The van der Waals surface area contributed by atoms with E-state index in [-0.39, 0.29) is 27.2 Å². The highest BCUT2D eigenvalue weighted by Gasteiger charge is 2.15. The quantitative estimate of drug-likeness (QED) is 0.533. The number of hydrogen-bond donors (Lipinski definition) is 1. The molecule has 0 aliphatic rings. The van der Waals surface area contributed by atoms with E-state index < -0.39 is 10.8 Å². The van der Waals surface area contributed by atoms with Gasteiger partial charge in [0.25, 0.3) is 11.6 Å². The molecule has 0 radical (unpaired) electrons. The number of carbonyl (C=O) groups excluding carboxylic acids is 1. The summed E-state index contributed by atoms with van der Waals surface area (Å²) in [5.74, 6) is -0.604. The molecule has 2 aromatic rings. The molecule has 0 spiro atoms. The lowest BCUT2D eigenvalue weighted by atomic mass is 10.2. The first-order chi connectivity index (χ1) is 9.49. The molecule has 1 aromatic heterocycles. The number of benzene rings is 1. The molecule has 0 atom stereocenters. The van der Waals surface area contributed by atoms with E-state index in [9.17, 15) is 14.9 Å². The molecule has 102 valence electrons. The number of nitro benzene ring substituents is 1. The monoisotopic (exact) mass is 312 g/mol. The Morgan fingerprint density at radius 3 is 2.50 bits per heavy atom. The molecule has 0 unspecified atom stereocenters. The Balaban J connectivity index is 2.29. The van der Waals surface area contributed by atoms with E-state index in [4.69, 9.17) is 23.2 Å². The number of carbonyl (C=O) groups is 1. The third-order valence-electron chi connectivity index (χ3n) is 2.31. The summed E-state index contributed by atoms with van der Waals surface area (Å²) >= 11 is 11.6. The van der Waals surface area contributed by atoms with E-state index in [0.717, 1.165) is 12.4 Å². The Morgan fingerprint density at radius 1 is 1.25 bits per heavy atom. The Hall–Kier alpha value is -2.25. The molecule has 0 bridgehead atoms. The van der Waals surface area contributed by atoms with Crippen LogP contribution in [0.15, 0.2) is 30.6 Å². The largest absolute Gasteiger partial charge is 0.317 e. The van der Waals surface area contributed by atoms with Gasteiger partial charge < -0.3 is 5.32 Å². The predicted octanol–water partition coefficient (Wildman–Crippen LogP) is 2.94. The average molecular weight is 313 g/mol. The molecular weight excluding hydrogens is 307 g/mol. The van der Waals surface area contributed by atoms with E-state index in [1.807, 2.05) is 0 Å². The van der Waals surface area contributed by atoms with Gasteiger partial charge in [0.1, 0.15) is 12.0 Å². The van der Waals surface area contributed by atoms with Crippen LogP contribution in [0, 0.1) is 10.1 Å². The van der Waals surface area contributed by atoms with Crippen molar-refractivity contribution in [2.24, 2.45) is 0 Å². The molecule has 0 fully saturated rings. The number of hydrogen-bond acceptors (Lipinski definition) is 5. The van der Waals surface area contributed by atoms with Crippen LogP contribution in [0.25, 0.3) is 0 Å². The van der Waals surface area contributed by atoms with Crippen LogP contribution in [0.3, 0.4) is 0 Å². The van der Waals surface area contributed by atoms with E-state index >= 15 is 0 Å². The number of amides is 1. The number of rotatable bonds is 3. The average Bonchev–Trinajstić information content (AvgIpc) is 2.43. The zero-order chi connectivity index (χ0) is 14.7. The van der Waals surface area contributed by atoms with E-state index in [2.05, 4.69) is 15.3 Å². The minimum absolute atomic E-state index is 0.0243. The zero-order valence-electron chi connectivity index (χ0n) is 9.71. The van der Waals surface area contributed by atoms with Crippen molar-refractivity contribution in [3.05, 3.63) is 56.6 Å². The first kappa shape index (κ1) is 14.2. The van der Waals surface area contributed by atoms with Crippen LogP contribution in [0.4, 0.5) is 11.4 Å². The summed E-state index contributed by atoms with van der Waals surface area (Å²) in [5.41, 5.74) is -0.0540. The highest BCUT2D eigenvalue weighted by Crippen LogP contribution is 2.26. The second-order valence-corrected chi connectivity index (χ2v) is 4.31. The predicted molar refractivity (Wildman–Crippen MR) is 73.1 cm³/mol. The third-order valence-corrected chi connectivity index (χ3v) is 2.89. The van der Waals surface area contributed by atoms with Crippen LogP contribution in [0.1, 0.15) is 10.4 Å². The van der Waals surface area contributed by atoms with Crippen molar-refractivity contribution >= 4 is 40.5 Å². The maximum Gasteiger partial charge on any atom is 0.270 e. The standard InChI is InChI=1S/C11H6Cl2N4O3/c12-9-8(10(13)15-5-14-9)16-11(18)6-2-1-3-7(4-6)17(19)20/h1-5H,(H,16,18). The summed E-state index contributed by atoms with van der Waals surface area (Å²) in [5, 5.41) is 13.0. The highest BCUT2D eigenvalue weighted by atomic mass is 35.5. The van der Waals surface area contributed by atoms with Crippen molar-refractivity contribution in [2.45, 2.75) is 0 Å². The molecule has 2 rings (SSSR count). The first-order valence-electron chi connectivity index (χ1n) is 5.21. The van der Waals surface area contributed by atoms with Gasteiger partial charge in [-0.3, -0.25) is 14.9 Å². The van der Waals surface area contributed by atoms with Crippen molar-refractivity contribution in [1.29, 1.82) is 0 Å². The Kier molecular flexibility index (Phi) is 4.11. The first-order valence-corrected chi connectivity index (χ1v) is 5.96. The van der Waals surface area contributed by atoms with Crippen LogP contribution >= 0.6 is 23.2 Å². The second kappa shape index (κ2) is 5.81. The molecule has 1 N–H and O–H groups in total. The fourth-order valence-electron chi connectivity index (χ4n) is 1.39. The Morgan fingerprint density at radius 2 is 1.90 bits per heavy atom. The van der Waals surface area contributed by atoms with Crippen molar-refractivity contribution in [1.82, 2.24) is 9.97 Å². The Labute approximate surface area is 122 Å². The van der Waals surface area contributed by atoms with Crippen LogP contribution in [-0.4, -0.2) is 20.8 Å². The van der Waals surface area contributed by atoms with Gasteiger partial charge in [0, 0.05) is 17.7 Å². The molecule has 9 heteroatoms. The lowest BCUT2D eigenvalue weighted by Crippen LogP contribution is -2.13. The second-order valence-electron chi connectivity index (χ2n) is 3.59. The number of nitrogens with zero attached hydrogens (tertiary/aromatic N) is 3. The fourth-order valence-corrected chi connectivity index (χ4v) is 1.80. The number of nitrogens with one attached hydrogen (secondary N) is 1. The molecule has 0 saturated heterocycles. The normalized spacial score (nSPS) is 10.1. The van der Waals surface area contributed by atoms with Crippen LogP contribution in [0.2, 0.25) is 10.3 Å². The summed E-state index contributed by atoms with van der Waals surface area (Å²) < 4.78 is 0. The van der Waals surface area contributed by atoms with Gasteiger partial charge in [-0.25, -0.2) is 9.97 Å². The van der Waals surface area contributed by atoms with Gasteiger partial charge in [0.15, 0.2) is 10.3 Å². The summed E-state index contributed by atoms with van der Waals surface area (Å²) in [6, 6.07) is 5.25. The van der Waals surface area contributed by atoms with Crippen LogP contribution in [-0.2, 0) is 0 Å². The van der Waals surface area contributed by atoms with E-state index in [1.54, 1.807) is 0 Å². The van der Waals surface area contributed by atoms with Gasteiger partial charge in [0.2, 0.25) is 0 Å². The molecule has 0 saturated carbocycles. The number of halogens is 2. The summed E-state index contributed by atoms with van der Waals surface area (Å²) in [7, 11) is 0. The SMILES string of the molecule is O=C(Nc1c(Cl)ncnc1Cl)c1cccc([N+](=O)[O-])c1. The number of aromatic nitrogens is 2. The van der Waals surface area contributed by atoms with Crippen molar-refractivity contribution in [3.8, 4) is 0 Å². The lowest BCUT2D eigenvalue weighted by molar-refractivity contribution is -0.384. The van der Waals surface area contributed by atoms with Gasteiger partial charge in [-0.05, 0) is 6.07 Å². The smallest absolute Gasteiger partial charge is 0.270 e. The van der Waals surface area contributed by atoms with Gasteiger partial charge in [-0.15, -0.1) is 0 Å². The summed E-state index contributed by atoms with van der Waals surface area (Å²) in [4.78, 5) is 29.4. The van der Waals surface area contributed by atoms with Gasteiger partial charge >= 0.3 is 0 Å². The minimum Gasteiger partial charge on any atom is -0.317 e. The molecule has 0 aliphatic carbocycles. The topological polar surface area (TPSA) is 98.0 Å². The van der Waals surface area contributed by atoms with Gasteiger partial charge in [0.05, 0.1) is 4.92 Å². The van der Waals surface area contributed by atoms with Crippen molar-refractivity contribution < 1.29 is 9.72 Å². The molecule has 1 amide bonds. The molecule has 7 nitrogen and oxygen atoms in total.